The van der Waals surface area contributed by atoms with Crippen molar-refractivity contribution in [3.05, 3.63) is 36.0 Å². The second-order valence-electron chi connectivity index (χ2n) is 4.24. The van der Waals surface area contributed by atoms with E-state index in [0.717, 1.165) is 18.7 Å². The molecule has 2 aromatic heterocycles. The number of nitrogens with zero attached hydrogens (tertiary/aromatic N) is 2. The first-order valence-corrected chi connectivity index (χ1v) is 5.71. The van der Waals surface area contributed by atoms with Crippen LogP contribution in [0.15, 0.2) is 24.5 Å². The van der Waals surface area contributed by atoms with Crippen molar-refractivity contribution in [2.75, 3.05) is 6.54 Å². The molecule has 1 saturated heterocycles. The topological polar surface area (TPSA) is 29.3 Å². The minimum atomic E-state index is -0.260. The van der Waals surface area contributed by atoms with E-state index in [4.69, 9.17) is 0 Å². The van der Waals surface area contributed by atoms with E-state index < -0.39 is 0 Å². The molecular weight excluding hydrogens is 205 g/mol. The Morgan fingerprint density at radius 3 is 3.19 bits per heavy atom. The van der Waals surface area contributed by atoms with E-state index in [2.05, 4.69) is 10.3 Å². The van der Waals surface area contributed by atoms with Crippen LogP contribution in [0.1, 0.15) is 31.0 Å². The van der Waals surface area contributed by atoms with Crippen LogP contribution in [-0.4, -0.2) is 15.9 Å². The predicted octanol–water partition coefficient (Wildman–Crippen LogP) is 2.29. The van der Waals surface area contributed by atoms with Crippen molar-refractivity contribution < 1.29 is 4.39 Å². The van der Waals surface area contributed by atoms with Crippen molar-refractivity contribution in [3.63, 3.8) is 0 Å². The Balaban J connectivity index is 2.06. The summed E-state index contributed by atoms with van der Waals surface area (Å²) in [6.45, 7) is 1.03. The van der Waals surface area contributed by atoms with Crippen LogP contribution in [0.5, 0.6) is 0 Å². The minimum Gasteiger partial charge on any atom is -0.309 e. The average Bonchev–Trinajstić information content (AvgIpc) is 2.75. The number of nitrogens with one attached hydrogen (secondary N) is 1. The van der Waals surface area contributed by atoms with Crippen molar-refractivity contribution in [1.82, 2.24) is 14.7 Å². The van der Waals surface area contributed by atoms with Gasteiger partial charge in [0.1, 0.15) is 0 Å². The molecule has 1 unspecified atom stereocenters. The molecule has 1 aliphatic rings. The molecule has 1 aliphatic heterocycles. The van der Waals surface area contributed by atoms with E-state index in [0.29, 0.717) is 11.7 Å². The van der Waals surface area contributed by atoms with Crippen molar-refractivity contribution in [3.8, 4) is 0 Å². The Bertz CT molecular complexity index is 500. The Labute approximate surface area is 93.3 Å². The molecule has 0 aliphatic carbocycles. The van der Waals surface area contributed by atoms with Gasteiger partial charge in [0, 0.05) is 12.2 Å². The molecule has 3 nitrogen and oxygen atoms in total. The molecule has 1 atom stereocenters. The van der Waals surface area contributed by atoms with Crippen molar-refractivity contribution in [2.45, 2.75) is 25.3 Å². The summed E-state index contributed by atoms with van der Waals surface area (Å²) in [5.74, 6) is -0.260. The van der Waals surface area contributed by atoms with E-state index in [1.165, 1.54) is 18.9 Å². The highest BCUT2D eigenvalue weighted by Crippen LogP contribution is 2.24. The van der Waals surface area contributed by atoms with Gasteiger partial charge >= 0.3 is 0 Å². The molecule has 0 radical (unpaired) electrons. The highest BCUT2D eigenvalue weighted by atomic mass is 19.1. The number of hydrogen-bond acceptors (Lipinski definition) is 2. The van der Waals surface area contributed by atoms with Crippen LogP contribution in [-0.2, 0) is 0 Å². The number of halogens is 1. The van der Waals surface area contributed by atoms with Gasteiger partial charge in [-0.15, -0.1) is 0 Å². The van der Waals surface area contributed by atoms with Crippen LogP contribution in [0.2, 0.25) is 0 Å². The number of aromatic nitrogens is 2. The second-order valence-corrected chi connectivity index (χ2v) is 4.24. The van der Waals surface area contributed by atoms with Gasteiger partial charge in [-0.3, -0.25) is 0 Å². The Hall–Kier alpha value is -1.42. The zero-order valence-corrected chi connectivity index (χ0v) is 8.99. The molecular formula is C12H14FN3. The fraction of sp³-hybridized carbons (Fsp3) is 0.417. The molecule has 0 spiro atoms. The van der Waals surface area contributed by atoms with Gasteiger partial charge in [0.15, 0.2) is 11.5 Å². The SMILES string of the molecule is Fc1cccn2c(C3CCCCN3)cnc12. The highest BCUT2D eigenvalue weighted by Gasteiger charge is 2.18. The van der Waals surface area contributed by atoms with Crippen molar-refractivity contribution in [2.24, 2.45) is 0 Å². The van der Waals surface area contributed by atoms with Crippen LogP contribution in [0.4, 0.5) is 4.39 Å². The first kappa shape index (κ1) is 9.78. The third kappa shape index (κ3) is 1.50. The minimum absolute atomic E-state index is 0.260. The van der Waals surface area contributed by atoms with E-state index >= 15 is 0 Å². The third-order valence-electron chi connectivity index (χ3n) is 3.18. The van der Waals surface area contributed by atoms with Crippen LogP contribution in [0.3, 0.4) is 0 Å². The highest BCUT2D eigenvalue weighted by molar-refractivity contribution is 5.42. The van der Waals surface area contributed by atoms with Gasteiger partial charge in [-0.2, -0.15) is 0 Å². The lowest BCUT2D eigenvalue weighted by Crippen LogP contribution is -2.27. The van der Waals surface area contributed by atoms with Crippen molar-refractivity contribution >= 4 is 5.65 Å². The molecule has 3 rings (SSSR count). The molecule has 0 amide bonds. The number of piperidine rings is 1. The summed E-state index contributed by atoms with van der Waals surface area (Å²) in [6.07, 6.45) is 7.20. The second kappa shape index (κ2) is 3.87. The molecule has 1 N–H and O–H groups in total. The third-order valence-corrected chi connectivity index (χ3v) is 3.18. The fourth-order valence-electron chi connectivity index (χ4n) is 2.36. The van der Waals surface area contributed by atoms with E-state index in [1.54, 1.807) is 12.3 Å². The Morgan fingerprint density at radius 1 is 1.44 bits per heavy atom. The standard InChI is InChI=1S/C12H14FN3/c13-9-4-3-7-16-11(8-15-12(9)16)10-5-1-2-6-14-10/h3-4,7-8,10,14H,1-2,5-6H2. The summed E-state index contributed by atoms with van der Waals surface area (Å²) < 4.78 is 15.3. The monoisotopic (exact) mass is 219 g/mol. The van der Waals surface area contributed by atoms with E-state index in [1.807, 2.05) is 10.6 Å². The maximum absolute atomic E-state index is 13.5. The molecule has 2 aromatic rings. The number of pyridine rings is 1. The van der Waals surface area contributed by atoms with Crippen LogP contribution < -0.4 is 5.32 Å². The van der Waals surface area contributed by atoms with Gasteiger partial charge < -0.3 is 9.72 Å². The summed E-state index contributed by atoms with van der Waals surface area (Å²) in [7, 11) is 0. The maximum Gasteiger partial charge on any atom is 0.173 e. The molecule has 0 aromatic carbocycles. The first-order valence-electron chi connectivity index (χ1n) is 5.71. The van der Waals surface area contributed by atoms with E-state index in [-0.39, 0.29) is 5.82 Å². The van der Waals surface area contributed by atoms with E-state index in [9.17, 15) is 4.39 Å². The maximum atomic E-state index is 13.5. The van der Waals surface area contributed by atoms with Crippen LogP contribution in [0.25, 0.3) is 5.65 Å². The van der Waals surface area contributed by atoms with Crippen molar-refractivity contribution in [1.29, 1.82) is 0 Å². The zero-order valence-electron chi connectivity index (χ0n) is 8.99. The lowest BCUT2D eigenvalue weighted by Gasteiger charge is -2.22. The predicted molar refractivity (Wildman–Crippen MR) is 59.7 cm³/mol. The molecule has 3 heterocycles. The molecule has 0 bridgehead atoms. The molecule has 16 heavy (non-hydrogen) atoms. The average molecular weight is 219 g/mol. The molecule has 0 saturated carbocycles. The van der Waals surface area contributed by atoms with Crippen LogP contribution >= 0.6 is 0 Å². The molecule has 84 valence electrons. The summed E-state index contributed by atoms with van der Waals surface area (Å²) >= 11 is 0. The summed E-state index contributed by atoms with van der Waals surface area (Å²) in [4.78, 5) is 4.14. The quantitative estimate of drug-likeness (QED) is 0.797. The zero-order chi connectivity index (χ0) is 11.0. The number of fused-ring (bicyclic) bond motifs is 1. The Morgan fingerprint density at radius 2 is 2.38 bits per heavy atom. The summed E-state index contributed by atoms with van der Waals surface area (Å²) in [5.41, 5.74) is 1.49. The van der Waals surface area contributed by atoms with Gasteiger partial charge in [0.05, 0.1) is 11.9 Å². The lowest BCUT2D eigenvalue weighted by molar-refractivity contribution is 0.403. The summed E-state index contributed by atoms with van der Waals surface area (Å²) in [5, 5.41) is 3.45. The van der Waals surface area contributed by atoms with Gasteiger partial charge in [-0.05, 0) is 31.5 Å². The smallest absolute Gasteiger partial charge is 0.173 e. The van der Waals surface area contributed by atoms with Crippen LogP contribution in [0, 0.1) is 5.82 Å². The number of imidazole rings is 1. The number of rotatable bonds is 1. The lowest BCUT2D eigenvalue weighted by atomic mass is 10.0. The summed E-state index contributed by atoms with van der Waals surface area (Å²) in [6, 6.07) is 3.47. The van der Waals surface area contributed by atoms with Gasteiger partial charge in [-0.1, -0.05) is 6.42 Å². The first-order chi connectivity index (χ1) is 7.86. The molecule has 4 heteroatoms. The fourth-order valence-corrected chi connectivity index (χ4v) is 2.36. The van der Waals surface area contributed by atoms with Gasteiger partial charge in [-0.25, -0.2) is 9.37 Å². The van der Waals surface area contributed by atoms with Gasteiger partial charge in [0.25, 0.3) is 0 Å². The largest absolute Gasteiger partial charge is 0.309 e. The number of hydrogen-bond donors (Lipinski definition) is 1. The normalized spacial score (nSPS) is 21.4. The molecule has 1 fully saturated rings. The Kier molecular flexibility index (Phi) is 2.36. The van der Waals surface area contributed by atoms with Gasteiger partial charge in [0.2, 0.25) is 0 Å².